The van der Waals surface area contributed by atoms with Gasteiger partial charge in [0.25, 0.3) is 0 Å². The Morgan fingerprint density at radius 2 is 1.86 bits per heavy atom. The van der Waals surface area contributed by atoms with E-state index in [0.717, 1.165) is 12.1 Å². The van der Waals surface area contributed by atoms with Gasteiger partial charge in [-0.2, -0.15) is 13.2 Å². The first-order valence-electron chi connectivity index (χ1n) is 5.90. The van der Waals surface area contributed by atoms with Gasteiger partial charge in [-0.3, -0.25) is 0 Å². The molecular formula is C14H8BrF3N2O. The lowest BCUT2D eigenvalue weighted by atomic mass is 10.2. The van der Waals surface area contributed by atoms with E-state index in [9.17, 15) is 18.3 Å². The highest BCUT2D eigenvalue weighted by atomic mass is 79.9. The van der Waals surface area contributed by atoms with E-state index < -0.39 is 11.7 Å². The number of fused-ring (bicyclic) bond motifs is 1. The summed E-state index contributed by atoms with van der Waals surface area (Å²) < 4.78 is 38.5. The minimum atomic E-state index is -4.39. The molecule has 0 amide bonds. The van der Waals surface area contributed by atoms with Gasteiger partial charge in [0, 0.05) is 5.56 Å². The number of nitrogens with zero attached hydrogens (tertiary/aromatic N) is 1. The lowest BCUT2D eigenvalue weighted by molar-refractivity contribution is -0.137. The molecule has 2 aromatic carbocycles. The number of phenols is 1. The molecule has 0 saturated carbocycles. The number of rotatable bonds is 1. The first-order chi connectivity index (χ1) is 9.84. The number of phenolic OH excluding ortho intramolecular Hbond substituents is 1. The summed E-state index contributed by atoms with van der Waals surface area (Å²) in [4.78, 5) is 7.06. The number of benzene rings is 2. The molecule has 3 nitrogen and oxygen atoms in total. The molecule has 108 valence electrons. The van der Waals surface area contributed by atoms with Crippen LogP contribution in [0.5, 0.6) is 5.75 Å². The molecule has 0 saturated heterocycles. The van der Waals surface area contributed by atoms with Crippen molar-refractivity contribution in [3.05, 3.63) is 46.4 Å². The van der Waals surface area contributed by atoms with E-state index in [2.05, 4.69) is 25.9 Å². The maximum Gasteiger partial charge on any atom is 0.416 e. The second kappa shape index (κ2) is 4.77. The van der Waals surface area contributed by atoms with Gasteiger partial charge in [-0.1, -0.05) is 0 Å². The zero-order valence-corrected chi connectivity index (χ0v) is 12.0. The molecule has 1 aromatic heterocycles. The summed E-state index contributed by atoms with van der Waals surface area (Å²) >= 11 is 3.16. The summed E-state index contributed by atoms with van der Waals surface area (Å²) in [6.07, 6.45) is -4.39. The zero-order valence-electron chi connectivity index (χ0n) is 10.4. The Labute approximate surface area is 125 Å². The Morgan fingerprint density at radius 3 is 2.52 bits per heavy atom. The van der Waals surface area contributed by atoms with Crippen molar-refractivity contribution in [2.24, 2.45) is 0 Å². The van der Waals surface area contributed by atoms with Crippen molar-refractivity contribution < 1.29 is 18.3 Å². The van der Waals surface area contributed by atoms with Crippen molar-refractivity contribution in [3.63, 3.8) is 0 Å². The van der Waals surface area contributed by atoms with Crippen LogP contribution in [0.1, 0.15) is 5.56 Å². The number of aromatic hydroxyl groups is 1. The molecule has 21 heavy (non-hydrogen) atoms. The Morgan fingerprint density at radius 1 is 1.10 bits per heavy atom. The van der Waals surface area contributed by atoms with E-state index >= 15 is 0 Å². The Hall–Kier alpha value is -2.02. The molecule has 1 heterocycles. The number of alkyl halides is 3. The fourth-order valence-corrected chi connectivity index (χ4v) is 2.23. The smallest absolute Gasteiger partial charge is 0.416 e. The van der Waals surface area contributed by atoms with Gasteiger partial charge in [0.1, 0.15) is 11.6 Å². The van der Waals surface area contributed by atoms with E-state index in [0.29, 0.717) is 26.9 Å². The number of H-pyrrole nitrogens is 1. The van der Waals surface area contributed by atoms with E-state index in [1.807, 2.05) is 0 Å². The van der Waals surface area contributed by atoms with Crippen molar-refractivity contribution in [2.45, 2.75) is 6.18 Å². The summed E-state index contributed by atoms with van der Waals surface area (Å²) in [7, 11) is 0. The fourth-order valence-electron chi connectivity index (χ4n) is 1.98. The second-order valence-electron chi connectivity index (χ2n) is 4.48. The predicted octanol–water partition coefficient (Wildman–Crippen LogP) is 4.72. The van der Waals surface area contributed by atoms with E-state index in [4.69, 9.17) is 0 Å². The predicted molar refractivity (Wildman–Crippen MR) is 75.9 cm³/mol. The van der Waals surface area contributed by atoms with Gasteiger partial charge in [0.2, 0.25) is 0 Å². The first-order valence-corrected chi connectivity index (χ1v) is 6.70. The average Bonchev–Trinajstić information content (AvgIpc) is 2.83. The number of halogens is 4. The summed E-state index contributed by atoms with van der Waals surface area (Å²) in [6, 6.07) is 8.14. The molecule has 0 radical (unpaired) electrons. The van der Waals surface area contributed by atoms with E-state index in [1.165, 1.54) is 12.1 Å². The highest BCUT2D eigenvalue weighted by molar-refractivity contribution is 9.10. The standard InChI is InChI=1S/C14H8BrF3N2O/c15-9-3-1-7(5-12(9)21)13-19-10-4-2-8(14(16,17)18)6-11(10)20-13/h1-6,21H,(H,19,20). The van der Waals surface area contributed by atoms with Crippen LogP contribution in [-0.4, -0.2) is 15.1 Å². The number of aromatic nitrogens is 2. The summed E-state index contributed by atoms with van der Waals surface area (Å²) in [6.45, 7) is 0. The van der Waals surface area contributed by atoms with Crippen molar-refractivity contribution in [1.82, 2.24) is 9.97 Å². The van der Waals surface area contributed by atoms with Crippen LogP contribution in [0.3, 0.4) is 0 Å². The lowest BCUT2D eigenvalue weighted by Crippen LogP contribution is -2.04. The van der Waals surface area contributed by atoms with E-state index in [-0.39, 0.29) is 5.75 Å². The number of hydrogen-bond acceptors (Lipinski definition) is 2. The molecule has 0 aliphatic heterocycles. The van der Waals surface area contributed by atoms with Gasteiger partial charge in [0.15, 0.2) is 0 Å². The van der Waals surface area contributed by atoms with Crippen LogP contribution in [0, 0.1) is 0 Å². The Bertz CT molecular complexity index is 827. The number of nitrogens with one attached hydrogen (secondary N) is 1. The highest BCUT2D eigenvalue weighted by Crippen LogP contribution is 2.33. The minimum Gasteiger partial charge on any atom is -0.507 e. The molecule has 0 unspecified atom stereocenters. The van der Waals surface area contributed by atoms with Crippen LogP contribution < -0.4 is 0 Å². The normalized spacial score (nSPS) is 12.0. The summed E-state index contributed by atoms with van der Waals surface area (Å²) in [5.74, 6) is 0.427. The fraction of sp³-hybridized carbons (Fsp3) is 0.0714. The molecule has 7 heteroatoms. The van der Waals surface area contributed by atoms with Crippen LogP contribution in [0.15, 0.2) is 40.9 Å². The molecule has 0 spiro atoms. The van der Waals surface area contributed by atoms with Gasteiger partial charge < -0.3 is 10.1 Å². The van der Waals surface area contributed by atoms with Crippen LogP contribution in [0.25, 0.3) is 22.4 Å². The lowest BCUT2D eigenvalue weighted by Gasteiger charge is -2.05. The van der Waals surface area contributed by atoms with Crippen LogP contribution >= 0.6 is 15.9 Å². The maximum atomic E-state index is 12.7. The molecule has 0 aliphatic carbocycles. The Kier molecular flexibility index (Phi) is 3.16. The van der Waals surface area contributed by atoms with Gasteiger partial charge in [-0.15, -0.1) is 0 Å². The number of imidazole rings is 1. The largest absolute Gasteiger partial charge is 0.507 e. The molecule has 0 atom stereocenters. The van der Waals surface area contributed by atoms with Crippen molar-refractivity contribution in [1.29, 1.82) is 0 Å². The number of aromatic amines is 1. The quantitative estimate of drug-likeness (QED) is 0.662. The number of hydrogen-bond donors (Lipinski definition) is 2. The van der Waals surface area contributed by atoms with Crippen molar-refractivity contribution in [2.75, 3.05) is 0 Å². The maximum absolute atomic E-state index is 12.7. The third-order valence-electron chi connectivity index (χ3n) is 3.03. The monoisotopic (exact) mass is 356 g/mol. The topological polar surface area (TPSA) is 48.9 Å². The average molecular weight is 357 g/mol. The molecule has 2 N–H and O–H groups in total. The van der Waals surface area contributed by atoms with Crippen LogP contribution in [0.2, 0.25) is 0 Å². The molecular weight excluding hydrogens is 349 g/mol. The van der Waals surface area contributed by atoms with Gasteiger partial charge in [-0.25, -0.2) is 4.98 Å². The third kappa shape index (κ3) is 2.61. The van der Waals surface area contributed by atoms with Crippen LogP contribution in [0.4, 0.5) is 13.2 Å². The molecule has 3 rings (SSSR count). The molecule has 0 fully saturated rings. The summed E-state index contributed by atoms with van der Waals surface area (Å²) in [5, 5.41) is 9.65. The first kappa shape index (κ1) is 13.9. The minimum absolute atomic E-state index is 0.0314. The SMILES string of the molecule is Oc1cc(-c2nc3ccc(C(F)(F)F)cc3[nH]2)ccc1Br. The summed E-state index contributed by atoms with van der Waals surface area (Å²) in [5.41, 5.74) is 0.576. The van der Waals surface area contributed by atoms with Gasteiger partial charge in [-0.05, 0) is 52.3 Å². The molecule has 3 aromatic rings. The third-order valence-corrected chi connectivity index (χ3v) is 3.70. The van der Waals surface area contributed by atoms with Crippen molar-refractivity contribution in [3.8, 4) is 17.1 Å². The van der Waals surface area contributed by atoms with Gasteiger partial charge >= 0.3 is 6.18 Å². The second-order valence-corrected chi connectivity index (χ2v) is 5.34. The Balaban J connectivity index is 2.10. The molecule has 0 bridgehead atoms. The highest BCUT2D eigenvalue weighted by Gasteiger charge is 2.30. The van der Waals surface area contributed by atoms with Crippen LogP contribution in [-0.2, 0) is 6.18 Å². The van der Waals surface area contributed by atoms with Gasteiger partial charge in [0.05, 0.1) is 21.1 Å². The zero-order chi connectivity index (χ0) is 15.2. The molecule has 0 aliphatic rings. The van der Waals surface area contributed by atoms with Crippen molar-refractivity contribution >= 4 is 27.0 Å². The van der Waals surface area contributed by atoms with E-state index in [1.54, 1.807) is 12.1 Å².